The summed E-state index contributed by atoms with van der Waals surface area (Å²) in [6.07, 6.45) is -8.07. The lowest BCUT2D eigenvalue weighted by Gasteiger charge is -2.44. The van der Waals surface area contributed by atoms with Gasteiger partial charge in [0, 0.05) is 25.7 Å². The molecule has 0 aromatic carbocycles. The molecule has 0 aromatic heterocycles. The van der Waals surface area contributed by atoms with Crippen molar-refractivity contribution in [3.63, 3.8) is 0 Å². The van der Waals surface area contributed by atoms with Crippen LogP contribution in [0.3, 0.4) is 0 Å². The second-order valence-corrected chi connectivity index (χ2v) is 10.6. The first-order chi connectivity index (χ1) is 17.8. The van der Waals surface area contributed by atoms with Crippen LogP contribution >= 0.6 is 0 Å². The summed E-state index contributed by atoms with van der Waals surface area (Å²) in [6.45, 7) is 12.5. The van der Waals surface area contributed by atoms with Crippen LogP contribution in [-0.2, 0) is 57.1 Å². The highest BCUT2D eigenvalue weighted by molar-refractivity contribution is 5.82. The predicted octanol–water partition coefficient (Wildman–Crippen LogP) is 2.28. The molecule has 1 fully saturated rings. The third kappa shape index (κ3) is 12.3. The van der Waals surface area contributed by atoms with Crippen molar-refractivity contribution in [1.82, 2.24) is 0 Å². The van der Waals surface area contributed by atoms with Gasteiger partial charge >= 0.3 is 29.8 Å². The highest BCUT2D eigenvalue weighted by atomic mass is 16.7. The molecule has 1 aliphatic rings. The third-order valence-corrected chi connectivity index (χ3v) is 4.59. The summed E-state index contributed by atoms with van der Waals surface area (Å²) in [6, 6.07) is -1.51. The summed E-state index contributed by atoms with van der Waals surface area (Å²) in [5.41, 5.74) is 7.38. The topological polar surface area (TPSA) is 199 Å². The molecule has 1 aliphatic heterocycles. The number of ether oxygens (including phenoxy) is 7. The van der Waals surface area contributed by atoms with E-state index in [0.29, 0.717) is 0 Å². The van der Waals surface area contributed by atoms with Gasteiger partial charge in [-0.2, -0.15) is 0 Å². The van der Waals surface area contributed by atoms with Crippen molar-refractivity contribution < 1.29 is 57.1 Å². The molecule has 0 radical (unpaired) electrons. The predicted molar refractivity (Wildman–Crippen MR) is 131 cm³/mol. The van der Waals surface area contributed by atoms with E-state index in [1.165, 1.54) is 0 Å². The second kappa shape index (κ2) is 14.1. The molecule has 220 valence electrons. The monoisotopic (exact) mass is 559 g/mol. The van der Waals surface area contributed by atoms with Crippen molar-refractivity contribution in [3.05, 3.63) is 10.4 Å². The number of nitrogens with zero attached hydrogens (tertiary/aromatic N) is 3. The lowest BCUT2D eigenvalue weighted by Crippen LogP contribution is -2.62. The lowest BCUT2D eigenvalue weighted by molar-refractivity contribution is -0.284. The van der Waals surface area contributed by atoms with E-state index in [0.717, 1.165) is 20.8 Å². The van der Waals surface area contributed by atoms with E-state index < -0.39 is 90.8 Å². The normalized spacial score (nSPS) is 23.9. The summed E-state index contributed by atoms with van der Waals surface area (Å²) >= 11 is 0. The van der Waals surface area contributed by atoms with Gasteiger partial charge in [-0.25, -0.2) is 4.79 Å². The van der Waals surface area contributed by atoms with Crippen LogP contribution in [0, 0.1) is 0 Å². The van der Waals surface area contributed by atoms with E-state index in [1.807, 2.05) is 0 Å². The molecule has 15 heteroatoms. The van der Waals surface area contributed by atoms with Crippen LogP contribution < -0.4 is 0 Å². The Morgan fingerprint density at radius 3 is 1.87 bits per heavy atom. The van der Waals surface area contributed by atoms with Crippen molar-refractivity contribution >= 4 is 29.8 Å². The molecule has 0 aromatic rings. The molecular formula is C24H37N3O12. The van der Waals surface area contributed by atoms with Gasteiger partial charge in [0.1, 0.15) is 30.0 Å². The molecule has 1 saturated heterocycles. The smallest absolute Gasteiger partial charge is 0.336 e. The number of carbonyl (C=O) groups is 5. The Bertz CT molecular complexity index is 964. The summed E-state index contributed by atoms with van der Waals surface area (Å²) < 4.78 is 37.9. The zero-order chi connectivity index (χ0) is 30.1. The van der Waals surface area contributed by atoms with Crippen LogP contribution in [0.15, 0.2) is 5.11 Å². The van der Waals surface area contributed by atoms with Gasteiger partial charge in [0.25, 0.3) is 0 Å². The Kier molecular flexibility index (Phi) is 12.2. The Labute approximate surface area is 226 Å². The first-order valence-corrected chi connectivity index (χ1v) is 12.1. The van der Waals surface area contributed by atoms with Crippen LogP contribution in [0.1, 0.15) is 68.7 Å². The average Bonchev–Trinajstić information content (AvgIpc) is 2.72. The van der Waals surface area contributed by atoms with E-state index in [-0.39, 0.29) is 0 Å². The van der Waals surface area contributed by atoms with E-state index >= 15 is 0 Å². The zero-order valence-corrected chi connectivity index (χ0v) is 23.6. The average molecular weight is 560 g/mol. The molecule has 0 bridgehead atoms. The fourth-order valence-electron chi connectivity index (χ4n) is 3.43. The van der Waals surface area contributed by atoms with Crippen molar-refractivity contribution in [2.45, 2.75) is 117 Å². The molecular weight excluding hydrogens is 522 g/mol. The standard InChI is InChI=1S/C24H37N3O12/c1-12(28)33-11-16-19(34-13(2)29)20(35-14(3)30)18(26-27-25)22(37-16)36-15(21(32)39-24(7,8)9)10-17(31)38-23(4,5)6/h15-16,18-20,22H,10-11H2,1-9H3/t15-,16+,18+,19+,20+,22-/m0/s1. The zero-order valence-electron chi connectivity index (χ0n) is 23.6. The molecule has 0 N–H and O–H groups in total. The first-order valence-electron chi connectivity index (χ1n) is 12.1. The van der Waals surface area contributed by atoms with Crippen molar-refractivity contribution in [3.8, 4) is 0 Å². The van der Waals surface area contributed by atoms with Gasteiger partial charge in [-0.05, 0) is 47.1 Å². The molecule has 15 nitrogen and oxygen atoms in total. The summed E-state index contributed by atoms with van der Waals surface area (Å²) in [5, 5.41) is 3.60. The van der Waals surface area contributed by atoms with E-state index in [9.17, 15) is 29.5 Å². The van der Waals surface area contributed by atoms with Crippen molar-refractivity contribution in [2.24, 2.45) is 5.11 Å². The molecule has 1 rings (SSSR count). The number of azide groups is 1. The van der Waals surface area contributed by atoms with E-state index in [4.69, 9.17) is 33.2 Å². The van der Waals surface area contributed by atoms with Crippen LogP contribution in [0.25, 0.3) is 10.4 Å². The summed E-state index contributed by atoms with van der Waals surface area (Å²) in [7, 11) is 0. The molecule has 0 unspecified atom stereocenters. The molecule has 1 heterocycles. The minimum atomic E-state index is -1.66. The number of rotatable bonds is 10. The van der Waals surface area contributed by atoms with Gasteiger partial charge in [-0.15, -0.1) is 0 Å². The number of hydrogen-bond donors (Lipinski definition) is 0. The Morgan fingerprint density at radius 1 is 0.872 bits per heavy atom. The van der Waals surface area contributed by atoms with Crippen LogP contribution in [0.2, 0.25) is 0 Å². The Morgan fingerprint density at radius 2 is 1.41 bits per heavy atom. The van der Waals surface area contributed by atoms with Crippen molar-refractivity contribution in [2.75, 3.05) is 6.61 Å². The van der Waals surface area contributed by atoms with E-state index in [1.54, 1.807) is 41.5 Å². The summed E-state index contributed by atoms with van der Waals surface area (Å²) in [4.78, 5) is 63.6. The first kappa shape index (κ1) is 33.6. The molecule has 39 heavy (non-hydrogen) atoms. The Balaban J connectivity index is 3.51. The van der Waals surface area contributed by atoms with Gasteiger partial charge in [-0.1, -0.05) is 5.11 Å². The van der Waals surface area contributed by atoms with Gasteiger partial charge < -0.3 is 33.2 Å². The van der Waals surface area contributed by atoms with Crippen LogP contribution in [-0.4, -0.2) is 84.4 Å². The van der Waals surface area contributed by atoms with Crippen LogP contribution in [0.5, 0.6) is 0 Å². The quantitative estimate of drug-likeness (QED) is 0.124. The van der Waals surface area contributed by atoms with Gasteiger partial charge in [0.15, 0.2) is 24.6 Å². The summed E-state index contributed by atoms with van der Waals surface area (Å²) in [5.74, 6) is -4.10. The molecule has 6 atom stereocenters. The largest absolute Gasteiger partial charge is 0.463 e. The van der Waals surface area contributed by atoms with Gasteiger partial charge in [-0.3, -0.25) is 19.2 Å². The minimum Gasteiger partial charge on any atom is -0.463 e. The fraction of sp³-hybridized carbons (Fsp3) is 0.792. The molecule has 0 saturated carbocycles. The highest BCUT2D eigenvalue weighted by Crippen LogP contribution is 2.31. The minimum absolute atomic E-state index is 0.489. The molecule has 0 spiro atoms. The maximum absolute atomic E-state index is 13.0. The fourth-order valence-corrected chi connectivity index (χ4v) is 3.43. The second-order valence-electron chi connectivity index (χ2n) is 10.6. The highest BCUT2D eigenvalue weighted by Gasteiger charge is 2.52. The van der Waals surface area contributed by atoms with Crippen molar-refractivity contribution in [1.29, 1.82) is 0 Å². The van der Waals surface area contributed by atoms with Crippen LogP contribution in [0.4, 0.5) is 0 Å². The van der Waals surface area contributed by atoms with Gasteiger partial charge in [0.05, 0.1) is 6.42 Å². The number of hydrogen-bond acceptors (Lipinski definition) is 13. The SMILES string of the molecule is CC(=O)OC[C@H]1O[C@H](O[C@@H](CC(=O)OC(C)(C)C)C(=O)OC(C)(C)C)[C@H](N=[N+]=[N-])[C@@H](OC(C)=O)[C@@H]1OC(C)=O. The lowest BCUT2D eigenvalue weighted by atomic mass is 9.96. The molecule has 0 amide bonds. The number of esters is 5. The third-order valence-electron chi connectivity index (χ3n) is 4.59. The maximum atomic E-state index is 13.0. The number of carbonyl (C=O) groups excluding carboxylic acids is 5. The van der Waals surface area contributed by atoms with E-state index in [2.05, 4.69) is 10.0 Å². The Hall–Kier alpha value is -3.42. The van der Waals surface area contributed by atoms with Gasteiger partial charge in [0.2, 0.25) is 0 Å². The molecule has 0 aliphatic carbocycles. The maximum Gasteiger partial charge on any atom is 0.336 e.